The van der Waals surface area contributed by atoms with Crippen molar-refractivity contribution >= 4 is 16.8 Å². The Labute approximate surface area is 125 Å². The molecule has 110 valence electrons. The van der Waals surface area contributed by atoms with Gasteiger partial charge in [0.25, 0.3) is 5.91 Å². The Hall–Kier alpha value is -1.94. The van der Waals surface area contributed by atoms with Crippen molar-refractivity contribution in [1.29, 1.82) is 0 Å². The number of nitrogens with zero attached hydrogens (tertiary/aromatic N) is 2. The van der Waals surface area contributed by atoms with Gasteiger partial charge in [0.15, 0.2) is 0 Å². The van der Waals surface area contributed by atoms with Gasteiger partial charge in [-0.3, -0.25) is 9.78 Å². The first-order valence-corrected chi connectivity index (χ1v) is 7.49. The number of hydrogen-bond acceptors (Lipinski definition) is 3. The summed E-state index contributed by atoms with van der Waals surface area (Å²) in [6.45, 7) is 4.74. The second-order valence-electron chi connectivity index (χ2n) is 5.96. The summed E-state index contributed by atoms with van der Waals surface area (Å²) in [5, 5.41) is 1.01. The van der Waals surface area contributed by atoms with Crippen LogP contribution in [-0.4, -0.2) is 34.4 Å². The predicted molar refractivity (Wildman–Crippen MR) is 84.2 cm³/mol. The van der Waals surface area contributed by atoms with E-state index in [9.17, 15) is 4.79 Å². The van der Waals surface area contributed by atoms with Gasteiger partial charge in [-0.05, 0) is 38.8 Å². The first-order valence-electron chi connectivity index (χ1n) is 7.49. The van der Waals surface area contributed by atoms with Gasteiger partial charge < -0.3 is 10.6 Å². The van der Waals surface area contributed by atoms with Gasteiger partial charge in [-0.15, -0.1) is 0 Å². The molecule has 2 atom stereocenters. The van der Waals surface area contributed by atoms with E-state index >= 15 is 0 Å². The number of pyridine rings is 1. The number of benzene rings is 1. The van der Waals surface area contributed by atoms with Crippen LogP contribution in [0.15, 0.2) is 30.3 Å². The van der Waals surface area contributed by atoms with E-state index in [1.807, 2.05) is 42.2 Å². The molecule has 1 fully saturated rings. The van der Waals surface area contributed by atoms with Crippen LogP contribution in [0.5, 0.6) is 0 Å². The van der Waals surface area contributed by atoms with Crippen molar-refractivity contribution in [2.45, 2.75) is 38.8 Å². The number of rotatable bonds is 1. The molecule has 21 heavy (non-hydrogen) atoms. The molecule has 1 aliphatic rings. The standard InChI is InChI=1S/C17H21N3O/c1-11-6-7-13-4-3-5-15(16(13)19-11)17(21)20-9-8-14(18)10-12(20)2/h3-7,12,14H,8-10,18H2,1-2H3/t12-,14-/m1/s1. The zero-order chi connectivity index (χ0) is 15.0. The predicted octanol–water partition coefficient (Wildman–Crippen LogP) is 2.50. The summed E-state index contributed by atoms with van der Waals surface area (Å²) in [5.41, 5.74) is 8.40. The molecule has 3 rings (SSSR count). The van der Waals surface area contributed by atoms with Crippen molar-refractivity contribution in [1.82, 2.24) is 9.88 Å². The zero-order valence-electron chi connectivity index (χ0n) is 12.5. The third-order valence-corrected chi connectivity index (χ3v) is 4.27. The van der Waals surface area contributed by atoms with Gasteiger partial charge in [0.1, 0.15) is 0 Å². The highest BCUT2D eigenvalue weighted by molar-refractivity contribution is 6.05. The Morgan fingerprint density at radius 1 is 1.33 bits per heavy atom. The van der Waals surface area contributed by atoms with Crippen LogP contribution in [0, 0.1) is 6.92 Å². The number of piperidine rings is 1. The summed E-state index contributed by atoms with van der Waals surface area (Å²) in [7, 11) is 0. The lowest BCUT2D eigenvalue weighted by molar-refractivity contribution is 0.0621. The first-order chi connectivity index (χ1) is 10.1. The summed E-state index contributed by atoms with van der Waals surface area (Å²) < 4.78 is 0. The fourth-order valence-corrected chi connectivity index (χ4v) is 3.08. The molecule has 0 bridgehead atoms. The topological polar surface area (TPSA) is 59.2 Å². The third kappa shape index (κ3) is 2.63. The summed E-state index contributed by atoms with van der Waals surface area (Å²) in [4.78, 5) is 19.4. The van der Waals surface area contributed by atoms with Crippen molar-refractivity contribution in [2.24, 2.45) is 5.73 Å². The Bertz CT molecular complexity index is 683. The van der Waals surface area contributed by atoms with Crippen LogP contribution in [0.25, 0.3) is 10.9 Å². The van der Waals surface area contributed by atoms with E-state index < -0.39 is 0 Å². The number of likely N-dealkylation sites (tertiary alicyclic amines) is 1. The normalized spacial score (nSPS) is 22.5. The van der Waals surface area contributed by atoms with Crippen LogP contribution in [0.1, 0.15) is 35.8 Å². The highest BCUT2D eigenvalue weighted by Gasteiger charge is 2.28. The van der Waals surface area contributed by atoms with E-state index in [-0.39, 0.29) is 18.0 Å². The van der Waals surface area contributed by atoms with Gasteiger partial charge in [0, 0.05) is 29.7 Å². The molecule has 4 nitrogen and oxygen atoms in total. The highest BCUT2D eigenvalue weighted by atomic mass is 16.2. The fraction of sp³-hybridized carbons (Fsp3) is 0.412. The number of para-hydroxylation sites is 1. The van der Waals surface area contributed by atoms with Gasteiger partial charge in [0.2, 0.25) is 0 Å². The van der Waals surface area contributed by atoms with E-state index in [1.165, 1.54) is 0 Å². The maximum atomic E-state index is 12.9. The minimum Gasteiger partial charge on any atom is -0.336 e. The van der Waals surface area contributed by atoms with E-state index in [0.717, 1.165) is 36.0 Å². The smallest absolute Gasteiger partial charge is 0.256 e. The van der Waals surface area contributed by atoms with Crippen LogP contribution in [-0.2, 0) is 0 Å². The number of amides is 1. The maximum absolute atomic E-state index is 12.9. The molecule has 0 unspecified atom stereocenters. The maximum Gasteiger partial charge on any atom is 0.256 e. The number of nitrogens with two attached hydrogens (primary N) is 1. The van der Waals surface area contributed by atoms with Crippen LogP contribution >= 0.6 is 0 Å². The van der Waals surface area contributed by atoms with Crippen molar-refractivity contribution in [2.75, 3.05) is 6.54 Å². The molecule has 0 spiro atoms. The van der Waals surface area contributed by atoms with Gasteiger partial charge in [0.05, 0.1) is 11.1 Å². The Morgan fingerprint density at radius 3 is 2.90 bits per heavy atom. The van der Waals surface area contributed by atoms with Crippen LogP contribution < -0.4 is 5.73 Å². The molecule has 2 N–H and O–H groups in total. The van der Waals surface area contributed by atoms with Crippen molar-refractivity contribution in [3.8, 4) is 0 Å². The average molecular weight is 283 g/mol. The molecular formula is C17H21N3O. The average Bonchev–Trinajstić information content (AvgIpc) is 2.46. The van der Waals surface area contributed by atoms with E-state index in [0.29, 0.717) is 5.56 Å². The lowest BCUT2D eigenvalue weighted by Gasteiger charge is -2.36. The quantitative estimate of drug-likeness (QED) is 0.874. The van der Waals surface area contributed by atoms with E-state index in [4.69, 9.17) is 5.73 Å². The summed E-state index contributed by atoms with van der Waals surface area (Å²) in [6.07, 6.45) is 1.73. The van der Waals surface area contributed by atoms with E-state index in [2.05, 4.69) is 11.9 Å². The molecule has 4 heteroatoms. The molecule has 2 heterocycles. The molecular weight excluding hydrogens is 262 g/mol. The summed E-state index contributed by atoms with van der Waals surface area (Å²) in [5.74, 6) is 0.0677. The molecule has 0 saturated carbocycles. The molecule has 1 amide bonds. The van der Waals surface area contributed by atoms with Crippen molar-refractivity contribution in [3.63, 3.8) is 0 Å². The molecule has 0 aliphatic carbocycles. The minimum absolute atomic E-state index is 0.0677. The van der Waals surface area contributed by atoms with Crippen LogP contribution in [0.4, 0.5) is 0 Å². The number of carbonyl (C=O) groups is 1. The van der Waals surface area contributed by atoms with Gasteiger partial charge in [-0.2, -0.15) is 0 Å². The molecule has 1 saturated heterocycles. The fourth-order valence-electron chi connectivity index (χ4n) is 3.08. The monoisotopic (exact) mass is 283 g/mol. The number of aromatic nitrogens is 1. The first kappa shape index (κ1) is 14.0. The molecule has 1 aromatic carbocycles. The lowest BCUT2D eigenvalue weighted by atomic mass is 9.97. The highest BCUT2D eigenvalue weighted by Crippen LogP contribution is 2.23. The largest absolute Gasteiger partial charge is 0.336 e. The molecule has 1 aliphatic heterocycles. The zero-order valence-corrected chi connectivity index (χ0v) is 12.5. The number of hydrogen-bond donors (Lipinski definition) is 1. The second-order valence-corrected chi connectivity index (χ2v) is 5.96. The minimum atomic E-state index is 0.0677. The number of aryl methyl sites for hydroxylation is 1. The molecule has 1 aromatic heterocycles. The number of fused-ring (bicyclic) bond motifs is 1. The SMILES string of the molecule is Cc1ccc2cccc(C(=O)N3CC[C@@H](N)C[C@H]3C)c2n1. The van der Waals surface area contributed by atoms with Gasteiger partial charge in [-0.25, -0.2) is 0 Å². The Balaban J connectivity index is 2.00. The Morgan fingerprint density at radius 2 is 2.14 bits per heavy atom. The van der Waals surface area contributed by atoms with Crippen LogP contribution in [0.2, 0.25) is 0 Å². The lowest BCUT2D eigenvalue weighted by Crippen LogP contribution is -2.48. The van der Waals surface area contributed by atoms with Gasteiger partial charge in [-0.1, -0.05) is 18.2 Å². The molecule has 2 aromatic rings. The van der Waals surface area contributed by atoms with Crippen molar-refractivity contribution in [3.05, 3.63) is 41.6 Å². The summed E-state index contributed by atoms with van der Waals surface area (Å²) >= 11 is 0. The van der Waals surface area contributed by atoms with Crippen LogP contribution in [0.3, 0.4) is 0 Å². The second kappa shape index (κ2) is 5.45. The van der Waals surface area contributed by atoms with Gasteiger partial charge >= 0.3 is 0 Å². The summed E-state index contributed by atoms with van der Waals surface area (Å²) in [6, 6.07) is 10.2. The Kier molecular flexibility index (Phi) is 3.64. The van der Waals surface area contributed by atoms with Crippen molar-refractivity contribution < 1.29 is 4.79 Å². The third-order valence-electron chi connectivity index (χ3n) is 4.27. The molecule has 0 radical (unpaired) electrons. The van der Waals surface area contributed by atoms with E-state index in [1.54, 1.807) is 0 Å². The number of carbonyl (C=O) groups excluding carboxylic acids is 1.